The second kappa shape index (κ2) is 3.45. The molecule has 0 spiro atoms. The molecule has 1 fully saturated rings. The number of aromatic nitrogens is 2. The molecule has 1 aliphatic heterocycles. The molecular weight excluding hydrogens is 188 g/mol. The Bertz CT molecular complexity index is 377. The number of nitrogens with one attached hydrogen (secondary N) is 1. The highest BCUT2D eigenvalue weighted by Gasteiger charge is 2.31. The predicted molar refractivity (Wildman–Crippen MR) is 58.4 cm³/mol. The van der Waals surface area contributed by atoms with E-state index in [9.17, 15) is 0 Å². The van der Waals surface area contributed by atoms with Gasteiger partial charge in [-0.15, -0.1) is 0 Å². The average molecular weight is 204 g/mol. The zero-order valence-corrected chi connectivity index (χ0v) is 8.74. The van der Waals surface area contributed by atoms with Crippen LogP contribution in [0.4, 0.5) is 5.95 Å². The summed E-state index contributed by atoms with van der Waals surface area (Å²) in [6, 6.07) is 0.637. The van der Waals surface area contributed by atoms with Crippen molar-refractivity contribution < 1.29 is 0 Å². The highest BCUT2D eigenvalue weighted by atomic mass is 15.0. The fourth-order valence-corrected chi connectivity index (χ4v) is 2.79. The summed E-state index contributed by atoms with van der Waals surface area (Å²) in [6.07, 6.45) is 6.64. The van der Waals surface area contributed by atoms with Gasteiger partial charge in [0.05, 0.1) is 0 Å². The van der Waals surface area contributed by atoms with Crippen molar-refractivity contribution in [3.63, 3.8) is 0 Å². The molecule has 0 unspecified atom stereocenters. The van der Waals surface area contributed by atoms with Crippen molar-refractivity contribution in [2.24, 2.45) is 5.92 Å². The monoisotopic (exact) mass is 204 g/mol. The molecule has 4 nitrogen and oxygen atoms in total. The summed E-state index contributed by atoms with van der Waals surface area (Å²) in [4.78, 5) is 8.41. The summed E-state index contributed by atoms with van der Waals surface area (Å²) >= 11 is 0. The van der Waals surface area contributed by atoms with E-state index in [1.54, 1.807) is 0 Å². The van der Waals surface area contributed by atoms with E-state index < -0.39 is 0 Å². The van der Waals surface area contributed by atoms with Crippen molar-refractivity contribution in [3.8, 4) is 0 Å². The van der Waals surface area contributed by atoms with Gasteiger partial charge in [-0.2, -0.15) is 0 Å². The molecule has 2 atom stereocenters. The van der Waals surface area contributed by atoms with E-state index in [-0.39, 0.29) is 0 Å². The molecule has 0 aromatic carbocycles. The van der Waals surface area contributed by atoms with Gasteiger partial charge in [0.15, 0.2) is 0 Å². The summed E-state index contributed by atoms with van der Waals surface area (Å²) in [5, 5.41) is 3.59. The minimum absolute atomic E-state index is 0.413. The summed E-state index contributed by atoms with van der Waals surface area (Å²) in [5.41, 5.74) is 8.06. The third-order valence-corrected chi connectivity index (χ3v) is 3.60. The number of hydrogen-bond acceptors (Lipinski definition) is 4. The smallest absolute Gasteiger partial charge is 0.220 e. The van der Waals surface area contributed by atoms with Crippen LogP contribution in [0.2, 0.25) is 0 Å². The SMILES string of the molecule is Nc1ncc2c(n1)C[C@@H]1CCCN[C@H]1C2. The first-order valence-electron chi connectivity index (χ1n) is 5.66. The number of nitrogens with two attached hydrogens (primary N) is 1. The highest BCUT2D eigenvalue weighted by Crippen LogP contribution is 2.29. The lowest BCUT2D eigenvalue weighted by molar-refractivity contribution is 0.260. The fourth-order valence-electron chi connectivity index (χ4n) is 2.79. The van der Waals surface area contributed by atoms with Crippen LogP contribution in [0.5, 0.6) is 0 Å². The van der Waals surface area contributed by atoms with Crippen molar-refractivity contribution in [3.05, 3.63) is 17.5 Å². The number of nitrogens with zero attached hydrogens (tertiary/aromatic N) is 2. The number of fused-ring (bicyclic) bond motifs is 2. The molecule has 0 amide bonds. The van der Waals surface area contributed by atoms with Crippen molar-refractivity contribution in [1.29, 1.82) is 0 Å². The Morgan fingerprint density at radius 1 is 1.40 bits per heavy atom. The molecule has 0 radical (unpaired) electrons. The Labute approximate surface area is 89.3 Å². The van der Waals surface area contributed by atoms with E-state index in [0.717, 1.165) is 25.3 Å². The lowest BCUT2D eigenvalue weighted by Gasteiger charge is -2.36. The second-order valence-corrected chi connectivity index (χ2v) is 4.57. The quantitative estimate of drug-likeness (QED) is 0.647. The van der Waals surface area contributed by atoms with Crippen molar-refractivity contribution >= 4 is 5.95 Å². The minimum Gasteiger partial charge on any atom is -0.368 e. The van der Waals surface area contributed by atoms with Gasteiger partial charge in [-0.05, 0) is 43.7 Å². The van der Waals surface area contributed by atoms with Crippen LogP contribution in [0.3, 0.4) is 0 Å². The third kappa shape index (κ3) is 1.59. The highest BCUT2D eigenvalue weighted by molar-refractivity contribution is 5.29. The second-order valence-electron chi connectivity index (χ2n) is 4.57. The van der Waals surface area contributed by atoms with Crippen LogP contribution >= 0.6 is 0 Å². The first-order valence-corrected chi connectivity index (χ1v) is 5.66. The van der Waals surface area contributed by atoms with Crippen LogP contribution in [0.25, 0.3) is 0 Å². The molecule has 0 saturated carbocycles. The van der Waals surface area contributed by atoms with Crippen LogP contribution < -0.4 is 11.1 Å². The molecule has 2 aliphatic rings. The summed E-state index contributed by atoms with van der Waals surface area (Å²) in [5.74, 6) is 1.16. The van der Waals surface area contributed by atoms with Crippen LogP contribution in [-0.4, -0.2) is 22.6 Å². The fraction of sp³-hybridized carbons (Fsp3) is 0.636. The first kappa shape index (κ1) is 9.09. The van der Waals surface area contributed by atoms with Gasteiger partial charge in [-0.1, -0.05) is 0 Å². The van der Waals surface area contributed by atoms with Crippen molar-refractivity contribution in [2.45, 2.75) is 31.7 Å². The maximum atomic E-state index is 5.61. The zero-order valence-electron chi connectivity index (χ0n) is 8.74. The van der Waals surface area contributed by atoms with Gasteiger partial charge < -0.3 is 11.1 Å². The summed E-state index contributed by atoms with van der Waals surface area (Å²) < 4.78 is 0. The topological polar surface area (TPSA) is 63.8 Å². The Morgan fingerprint density at radius 2 is 2.33 bits per heavy atom. The molecule has 1 aromatic heterocycles. The third-order valence-electron chi connectivity index (χ3n) is 3.60. The van der Waals surface area contributed by atoms with Gasteiger partial charge >= 0.3 is 0 Å². The van der Waals surface area contributed by atoms with Gasteiger partial charge in [0.1, 0.15) is 0 Å². The van der Waals surface area contributed by atoms with E-state index in [2.05, 4.69) is 15.3 Å². The van der Waals surface area contributed by atoms with E-state index in [4.69, 9.17) is 5.73 Å². The molecule has 15 heavy (non-hydrogen) atoms. The zero-order chi connectivity index (χ0) is 10.3. The first-order chi connectivity index (χ1) is 7.33. The molecule has 80 valence electrons. The van der Waals surface area contributed by atoms with Gasteiger partial charge in [-0.25, -0.2) is 9.97 Å². The van der Waals surface area contributed by atoms with E-state index >= 15 is 0 Å². The van der Waals surface area contributed by atoms with Crippen molar-refractivity contribution in [1.82, 2.24) is 15.3 Å². The molecule has 1 aliphatic carbocycles. The van der Waals surface area contributed by atoms with Crippen LogP contribution in [0.15, 0.2) is 6.20 Å². The molecule has 1 aromatic rings. The molecule has 0 bridgehead atoms. The van der Waals surface area contributed by atoms with Gasteiger partial charge in [0, 0.05) is 17.9 Å². The predicted octanol–water partition coefficient (Wildman–Crippen LogP) is 0.526. The normalized spacial score (nSPS) is 29.3. The Hall–Kier alpha value is -1.16. The van der Waals surface area contributed by atoms with E-state index in [1.165, 1.54) is 24.1 Å². The molecule has 4 heteroatoms. The van der Waals surface area contributed by atoms with Gasteiger partial charge in [0.2, 0.25) is 5.95 Å². The number of hydrogen-bond donors (Lipinski definition) is 2. The lowest BCUT2D eigenvalue weighted by atomic mass is 9.78. The van der Waals surface area contributed by atoms with Crippen molar-refractivity contribution in [2.75, 3.05) is 12.3 Å². The van der Waals surface area contributed by atoms with E-state index in [1.807, 2.05) is 6.20 Å². The maximum absolute atomic E-state index is 5.61. The largest absolute Gasteiger partial charge is 0.368 e. The lowest BCUT2D eigenvalue weighted by Crippen LogP contribution is -2.46. The van der Waals surface area contributed by atoms with Crippen LogP contribution in [0, 0.1) is 5.92 Å². The van der Waals surface area contributed by atoms with Crippen LogP contribution in [-0.2, 0) is 12.8 Å². The number of anilines is 1. The number of piperidine rings is 1. The van der Waals surface area contributed by atoms with Gasteiger partial charge in [0.25, 0.3) is 0 Å². The standard InChI is InChI=1S/C11H16N4/c12-11-14-6-8-5-9-7(2-1-3-13-9)4-10(8)15-11/h6-7,9,13H,1-5H2,(H2,12,14,15)/t7-,9-/m0/s1. The molecule has 3 rings (SSSR count). The number of nitrogen functional groups attached to an aromatic ring is 1. The van der Waals surface area contributed by atoms with Crippen LogP contribution in [0.1, 0.15) is 24.1 Å². The maximum Gasteiger partial charge on any atom is 0.220 e. The Balaban J connectivity index is 1.92. The average Bonchev–Trinajstić information content (AvgIpc) is 2.26. The summed E-state index contributed by atoms with van der Waals surface area (Å²) in [7, 11) is 0. The Kier molecular flexibility index (Phi) is 2.09. The Morgan fingerprint density at radius 3 is 3.27 bits per heavy atom. The summed E-state index contributed by atoms with van der Waals surface area (Å²) in [6.45, 7) is 1.16. The molecule has 3 N–H and O–H groups in total. The number of rotatable bonds is 0. The molecule has 1 saturated heterocycles. The minimum atomic E-state index is 0.413. The van der Waals surface area contributed by atoms with E-state index in [0.29, 0.717) is 12.0 Å². The molecule has 2 heterocycles. The van der Waals surface area contributed by atoms with Gasteiger partial charge in [-0.3, -0.25) is 0 Å². The molecular formula is C11H16N4.